The SMILES string of the molecule is COc1cc2c(cc1O)C(NOCc1cccc(C#N)c1)=C[C@@H]1[C@@H]2CC[C@]2(C)[C@H](O)CC[C@@H]12. The van der Waals surface area contributed by atoms with Crippen molar-refractivity contribution in [1.29, 1.82) is 5.26 Å². The summed E-state index contributed by atoms with van der Waals surface area (Å²) in [5.41, 5.74) is 7.45. The van der Waals surface area contributed by atoms with Crippen molar-refractivity contribution in [3.05, 3.63) is 64.7 Å². The Balaban J connectivity index is 1.46. The molecule has 0 heterocycles. The van der Waals surface area contributed by atoms with E-state index in [-0.39, 0.29) is 23.2 Å². The van der Waals surface area contributed by atoms with Gasteiger partial charge in [0, 0.05) is 5.56 Å². The Hall–Kier alpha value is -3.01. The quantitative estimate of drug-likeness (QED) is 0.580. The van der Waals surface area contributed by atoms with Crippen LogP contribution >= 0.6 is 0 Å². The van der Waals surface area contributed by atoms with Gasteiger partial charge in [-0.05, 0) is 84.2 Å². The molecule has 0 amide bonds. The summed E-state index contributed by atoms with van der Waals surface area (Å²) in [5, 5.41) is 30.3. The molecule has 172 valence electrons. The maximum absolute atomic E-state index is 10.7. The van der Waals surface area contributed by atoms with E-state index in [1.165, 1.54) is 0 Å². The fourth-order valence-electron chi connectivity index (χ4n) is 6.35. The normalized spacial score (nSPS) is 29.8. The van der Waals surface area contributed by atoms with Crippen LogP contribution in [0.3, 0.4) is 0 Å². The number of nitrogens with zero attached hydrogens (tertiary/aromatic N) is 1. The van der Waals surface area contributed by atoms with Gasteiger partial charge >= 0.3 is 0 Å². The molecule has 0 saturated heterocycles. The molecule has 33 heavy (non-hydrogen) atoms. The first kappa shape index (κ1) is 21.8. The third kappa shape index (κ3) is 3.66. The third-order valence-corrected chi connectivity index (χ3v) is 8.16. The zero-order chi connectivity index (χ0) is 23.2. The Labute approximate surface area is 194 Å². The van der Waals surface area contributed by atoms with Crippen LogP contribution in [-0.2, 0) is 11.4 Å². The molecule has 0 spiro atoms. The summed E-state index contributed by atoms with van der Waals surface area (Å²) in [6.07, 6.45) is 5.82. The average molecular weight is 447 g/mol. The molecular formula is C27H30N2O4. The van der Waals surface area contributed by atoms with Crippen molar-refractivity contribution < 1.29 is 19.8 Å². The summed E-state index contributed by atoms with van der Waals surface area (Å²) in [6, 6.07) is 13.2. The van der Waals surface area contributed by atoms with Crippen molar-refractivity contribution >= 4 is 5.70 Å². The number of allylic oxidation sites excluding steroid dienone is 1. The van der Waals surface area contributed by atoms with Gasteiger partial charge in [-0.15, -0.1) is 0 Å². The lowest BCUT2D eigenvalue weighted by Crippen LogP contribution is -2.43. The Morgan fingerprint density at radius 2 is 2.06 bits per heavy atom. The molecule has 3 aliphatic rings. The van der Waals surface area contributed by atoms with Crippen molar-refractivity contribution in [2.24, 2.45) is 17.3 Å². The maximum atomic E-state index is 10.7. The number of methoxy groups -OCH3 is 1. The molecule has 3 aliphatic carbocycles. The molecule has 6 heteroatoms. The highest BCUT2D eigenvalue weighted by molar-refractivity contribution is 5.72. The second-order valence-electron chi connectivity index (χ2n) is 9.82. The van der Waals surface area contributed by atoms with Crippen molar-refractivity contribution in [3.8, 4) is 17.6 Å². The van der Waals surface area contributed by atoms with E-state index in [1.807, 2.05) is 24.3 Å². The van der Waals surface area contributed by atoms with Crippen LogP contribution < -0.4 is 10.2 Å². The van der Waals surface area contributed by atoms with Gasteiger partial charge in [0.1, 0.15) is 0 Å². The monoisotopic (exact) mass is 446 g/mol. The van der Waals surface area contributed by atoms with Crippen LogP contribution in [0.4, 0.5) is 0 Å². The standard InChI is InChI=1S/C27H30N2O4/c1-27-9-8-18-19-13-25(32-2)24(30)12-21(19)23(11-20(18)22(27)6-7-26(27)31)29-33-15-17-5-3-4-16(10-17)14-28/h3-5,10-13,18,20,22,26,29-31H,6-9,15H2,1-2H3/t18-,20-,22+,26-,27+/m1/s1. The predicted octanol–water partition coefficient (Wildman–Crippen LogP) is 4.62. The van der Waals surface area contributed by atoms with Gasteiger partial charge in [-0.3, -0.25) is 10.3 Å². The summed E-state index contributed by atoms with van der Waals surface area (Å²) < 4.78 is 5.42. The number of nitrogens with one attached hydrogen (secondary N) is 1. The van der Waals surface area contributed by atoms with Crippen LogP contribution in [0.5, 0.6) is 11.5 Å². The maximum Gasteiger partial charge on any atom is 0.160 e. The van der Waals surface area contributed by atoms with Crippen LogP contribution in [0.25, 0.3) is 5.70 Å². The molecule has 3 N–H and O–H groups in total. The van der Waals surface area contributed by atoms with E-state index in [2.05, 4.69) is 24.5 Å². The number of aliphatic hydroxyl groups is 1. The van der Waals surface area contributed by atoms with E-state index in [0.29, 0.717) is 29.8 Å². The Morgan fingerprint density at radius 3 is 2.85 bits per heavy atom. The highest BCUT2D eigenvalue weighted by atomic mass is 16.6. The van der Waals surface area contributed by atoms with Crippen LogP contribution in [0.2, 0.25) is 0 Å². The van der Waals surface area contributed by atoms with Gasteiger partial charge in [0.2, 0.25) is 0 Å². The highest BCUT2D eigenvalue weighted by Gasteiger charge is 2.54. The Bertz CT molecular complexity index is 1140. The van der Waals surface area contributed by atoms with Crippen LogP contribution in [-0.4, -0.2) is 23.4 Å². The van der Waals surface area contributed by atoms with Gasteiger partial charge in [-0.1, -0.05) is 25.1 Å². The Morgan fingerprint density at radius 1 is 1.21 bits per heavy atom. The molecule has 2 aromatic rings. The zero-order valence-electron chi connectivity index (χ0n) is 19.0. The number of benzene rings is 2. The minimum Gasteiger partial charge on any atom is -0.504 e. The number of nitriles is 1. The molecule has 2 aromatic carbocycles. The number of hydrogen-bond acceptors (Lipinski definition) is 6. The van der Waals surface area contributed by atoms with Crippen molar-refractivity contribution in [1.82, 2.24) is 5.48 Å². The number of hydroxylamine groups is 1. The zero-order valence-corrected chi connectivity index (χ0v) is 19.0. The minimum atomic E-state index is -0.257. The molecule has 6 nitrogen and oxygen atoms in total. The first-order chi connectivity index (χ1) is 15.9. The highest BCUT2D eigenvalue weighted by Crippen LogP contribution is 2.61. The number of rotatable bonds is 5. The number of phenolic OH excluding ortho intramolecular Hbond substituents is 1. The molecule has 5 rings (SSSR count). The fraction of sp³-hybridized carbons (Fsp3) is 0.444. The van der Waals surface area contributed by atoms with Gasteiger partial charge in [0.25, 0.3) is 0 Å². The molecular weight excluding hydrogens is 416 g/mol. The first-order valence-corrected chi connectivity index (χ1v) is 11.6. The number of aromatic hydroxyl groups is 1. The molecule has 0 bridgehead atoms. The van der Waals surface area contributed by atoms with Gasteiger partial charge in [-0.2, -0.15) is 5.26 Å². The molecule has 2 fully saturated rings. The summed E-state index contributed by atoms with van der Waals surface area (Å²) in [4.78, 5) is 5.86. The van der Waals surface area contributed by atoms with Crippen LogP contribution in [0.1, 0.15) is 60.8 Å². The van der Waals surface area contributed by atoms with Gasteiger partial charge in [0.05, 0.1) is 37.2 Å². The van der Waals surface area contributed by atoms with Crippen LogP contribution in [0.15, 0.2) is 42.5 Å². The topological polar surface area (TPSA) is 94.7 Å². The predicted molar refractivity (Wildman–Crippen MR) is 124 cm³/mol. The third-order valence-electron chi connectivity index (χ3n) is 8.16. The lowest BCUT2D eigenvalue weighted by atomic mass is 9.56. The number of fused-ring (bicyclic) bond motifs is 5. The van der Waals surface area contributed by atoms with Crippen molar-refractivity contribution in [2.45, 2.75) is 51.2 Å². The van der Waals surface area contributed by atoms with E-state index < -0.39 is 0 Å². The summed E-state index contributed by atoms with van der Waals surface area (Å²) >= 11 is 0. The molecule has 2 saturated carbocycles. The largest absolute Gasteiger partial charge is 0.504 e. The number of phenols is 1. The molecule has 5 atom stereocenters. The van der Waals surface area contributed by atoms with Crippen molar-refractivity contribution in [3.63, 3.8) is 0 Å². The molecule has 0 radical (unpaired) electrons. The lowest BCUT2D eigenvalue weighted by molar-refractivity contribution is -0.00877. The van der Waals surface area contributed by atoms with Crippen LogP contribution in [0, 0.1) is 28.6 Å². The summed E-state index contributed by atoms with van der Waals surface area (Å²) in [6.45, 7) is 2.54. The van der Waals surface area contributed by atoms with Crippen molar-refractivity contribution in [2.75, 3.05) is 7.11 Å². The number of hydrogen-bond donors (Lipinski definition) is 3. The van der Waals surface area contributed by atoms with Gasteiger partial charge < -0.3 is 14.9 Å². The van der Waals surface area contributed by atoms with E-state index in [1.54, 1.807) is 19.2 Å². The molecule has 0 aliphatic heterocycles. The minimum absolute atomic E-state index is 0.0696. The Kier molecular flexibility index (Phi) is 5.55. The lowest BCUT2D eigenvalue weighted by Gasteiger charge is -2.49. The average Bonchev–Trinajstić information content (AvgIpc) is 3.13. The first-order valence-electron chi connectivity index (χ1n) is 11.6. The van der Waals surface area contributed by atoms with Gasteiger partial charge in [0.15, 0.2) is 11.5 Å². The molecule has 0 unspecified atom stereocenters. The number of ether oxygens (including phenoxy) is 1. The van der Waals surface area contributed by atoms with E-state index in [4.69, 9.17) is 14.8 Å². The van der Waals surface area contributed by atoms with E-state index >= 15 is 0 Å². The fourth-order valence-corrected chi connectivity index (χ4v) is 6.35. The molecule has 0 aromatic heterocycles. The smallest absolute Gasteiger partial charge is 0.160 e. The van der Waals surface area contributed by atoms with E-state index in [9.17, 15) is 10.2 Å². The summed E-state index contributed by atoms with van der Waals surface area (Å²) in [7, 11) is 1.57. The second kappa shape index (κ2) is 8.40. The number of aliphatic hydroxyl groups excluding tert-OH is 1. The van der Waals surface area contributed by atoms with E-state index in [0.717, 1.165) is 48.1 Å². The van der Waals surface area contributed by atoms with Gasteiger partial charge in [-0.25, -0.2) is 0 Å². The second-order valence-corrected chi connectivity index (χ2v) is 9.82. The summed E-state index contributed by atoms with van der Waals surface area (Å²) in [5.74, 6) is 1.55.